The Morgan fingerprint density at radius 2 is 1.47 bits per heavy atom. The number of unbranched alkanes of at least 4 members (excludes halogenated alkanes) is 4. The quantitative estimate of drug-likeness (QED) is 0.0728. The van der Waals surface area contributed by atoms with Crippen molar-refractivity contribution in [2.24, 2.45) is 18.5 Å². The minimum absolute atomic E-state index is 0.0263. The van der Waals surface area contributed by atoms with Gasteiger partial charge in [-0.1, -0.05) is 92.1 Å². The highest BCUT2D eigenvalue weighted by molar-refractivity contribution is 6.00. The summed E-state index contributed by atoms with van der Waals surface area (Å²) in [5.41, 5.74) is 15.8. The number of aromatic nitrogens is 2. The molecule has 0 bridgehead atoms. The largest absolute Gasteiger partial charge is 0.370 e. The van der Waals surface area contributed by atoms with Gasteiger partial charge in [-0.2, -0.15) is 0 Å². The van der Waals surface area contributed by atoms with E-state index in [4.69, 9.17) is 11.5 Å². The number of nitrogens with two attached hydrogens (primary N) is 2. The maximum atomic E-state index is 14.0. The number of carbonyl (C=O) groups excluding carboxylic acids is 7. The van der Waals surface area contributed by atoms with Crippen molar-refractivity contribution >= 4 is 52.4 Å². The molecule has 3 aliphatic rings. The van der Waals surface area contributed by atoms with Crippen LogP contribution in [0.4, 0.5) is 0 Å². The van der Waals surface area contributed by atoms with E-state index in [0.29, 0.717) is 44.2 Å². The average molecular weight is 904 g/mol. The van der Waals surface area contributed by atoms with Gasteiger partial charge in [-0.15, -0.1) is 0 Å². The van der Waals surface area contributed by atoms with Gasteiger partial charge in [-0.25, -0.2) is 4.79 Å². The van der Waals surface area contributed by atoms with Gasteiger partial charge >= 0.3 is 5.69 Å². The second-order valence-corrected chi connectivity index (χ2v) is 17.8. The van der Waals surface area contributed by atoms with Crippen LogP contribution in [0.25, 0.3) is 11.0 Å². The lowest BCUT2D eigenvalue weighted by Gasteiger charge is -2.37. The van der Waals surface area contributed by atoms with Gasteiger partial charge in [0.2, 0.25) is 41.4 Å². The molecule has 1 aromatic heterocycles. The van der Waals surface area contributed by atoms with E-state index in [-0.39, 0.29) is 55.8 Å². The van der Waals surface area contributed by atoms with Crippen LogP contribution < -0.4 is 33.1 Å². The molecule has 4 aromatic rings. The van der Waals surface area contributed by atoms with E-state index in [0.717, 1.165) is 54.3 Å². The summed E-state index contributed by atoms with van der Waals surface area (Å²) in [6.45, 7) is 0.414. The number of hydrogen-bond acceptors (Lipinski definition) is 9. The normalized spacial score (nSPS) is 20.4. The van der Waals surface area contributed by atoms with E-state index >= 15 is 0 Å². The highest BCUT2D eigenvalue weighted by atomic mass is 16.2. The van der Waals surface area contributed by atoms with Gasteiger partial charge in [0.15, 0.2) is 0 Å². The van der Waals surface area contributed by atoms with Gasteiger partial charge in [-0.05, 0) is 74.1 Å². The number of benzene rings is 3. The Kier molecular flexibility index (Phi) is 15.5. The zero-order valence-corrected chi connectivity index (χ0v) is 37.5. The first kappa shape index (κ1) is 47.3. The van der Waals surface area contributed by atoms with Gasteiger partial charge in [0.05, 0.1) is 17.1 Å². The van der Waals surface area contributed by atoms with Crippen molar-refractivity contribution in [2.45, 2.75) is 126 Å². The number of amides is 7. The molecule has 0 aliphatic carbocycles. The van der Waals surface area contributed by atoms with Crippen molar-refractivity contribution in [3.63, 3.8) is 0 Å². The van der Waals surface area contributed by atoms with E-state index in [1.165, 1.54) is 9.47 Å². The molecular formula is C49H61N9O8. The van der Waals surface area contributed by atoms with Gasteiger partial charge in [0, 0.05) is 45.4 Å². The zero-order valence-electron chi connectivity index (χ0n) is 37.5. The summed E-state index contributed by atoms with van der Waals surface area (Å²) < 4.78 is 3.07. The number of carbonyl (C=O) groups is 7. The third kappa shape index (κ3) is 10.9. The van der Waals surface area contributed by atoms with Crippen molar-refractivity contribution in [1.82, 2.24) is 34.9 Å². The Hall–Kier alpha value is -6.62. The number of primary amides is 1. The van der Waals surface area contributed by atoms with Crippen LogP contribution in [0.5, 0.6) is 0 Å². The topological polar surface area (TPSA) is 241 Å². The third-order valence-electron chi connectivity index (χ3n) is 13.3. The molecule has 0 saturated carbocycles. The van der Waals surface area contributed by atoms with Gasteiger partial charge in [0.25, 0.3) is 0 Å². The predicted octanol–water partition coefficient (Wildman–Crippen LogP) is 2.78. The van der Waals surface area contributed by atoms with Gasteiger partial charge in [-0.3, -0.25) is 48.0 Å². The van der Waals surface area contributed by atoms with Crippen LogP contribution in [-0.4, -0.2) is 97.5 Å². The molecule has 1 unspecified atom stereocenters. The lowest BCUT2D eigenvalue weighted by atomic mass is 9.98. The van der Waals surface area contributed by atoms with Crippen molar-refractivity contribution in [2.75, 3.05) is 13.1 Å². The summed E-state index contributed by atoms with van der Waals surface area (Å²) in [6.07, 6.45) is 6.90. The molecule has 4 heterocycles. The second-order valence-electron chi connectivity index (χ2n) is 17.8. The molecule has 66 heavy (non-hydrogen) atoms. The van der Waals surface area contributed by atoms with Crippen molar-refractivity contribution in [3.05, 3.63) is 106 Å². The highest BCUT2D eigenvalue weighted by Crippen LogP contribution is 2.31. The van der Waals surface area contributed by atoms with Crippen molar-refractivity contribution in [1.29, 1.82) is 0 Å². The monoisotopic (exact) mass is 903 g/mol. The Bertz CT molecular complexity index is 2450. The molecule has 17 nitrogen and oxygen atoms in total. The molecule has 0 spiro atoms. The number of nitrogens with one attached hydrogen (secondary N) is 3. The number of piperidine rings is 1. The summed E-state index contributed by atoms with van der Waals surface area (Å²) in [5, 5.41) is 8.24. The number of para-hydroxylation sites is 1. The predicted molar refractivity (Wildman–Crippen MR) is 246 cm³/mol. The molecule has 3 fully saturated rings. The molecule has 17 heteroatoms. The van der Waals surface area contributed by atoms with E-state index < -0.39 is 59.7 Å². The standard InChI is InChI=1S/C49H61N9O8/c1-55-44-33(19-13-20-37(44)58(49(55)66)39-25-27-41(60)53-47(39)64)18-7-3-2-4-12-21-42(61)56-29-28-34-22-24-38(57(34)48(65)35(50)30-56)46(63)52-36(23-26-40(51)59)45(62)54-43(31-14-8-5-9-15-31)32-16-10-6-11-17-32/h5-6,8-11,13-17,19-20,34-36,38-39,43H,2-4,7,12,18,21-30,50H2,1H3,(H2,51,59)(H,52,63)(H,54,62)(H,53,60,64)/t34-,35+,36+,38+,39?/m1/s1. The summed E-state index contributed by atoms with van der Waals surface area (Å²) in [4.78, 5) is 108. The van der Waals surface area contributed by atoms with Crippen LogP contribution in [-0.2, 0) is 47.0 Å². The lowest BCUT2D eigenvalue weighted by Crippen LogP contribution is -2.60. The Balaban J connectivity index is 0.889. The molecule has 5 atom stereocenters. The van der Waals surface area contributed by atoms with E-state index in [9.17, 15) is 38.4 Å². The SMILES string of the molecule is Cn1c(=O)n(C2CCC(=O)NC2=O)c2cccc(CCCCCCCC(=O)N3CC[C@H]4CC[C@@H](C(=O)N[C@@H](CCC(N)=O)C(=O)NC(c5ccccc5)c5ccccc5)N4C(=O)[C@@H](N)C3)c21. The molecule has 3 aromatic carbocycles. The van der Waals surface area contributed by atoms with Gasteiger partial charge in [0.1, 0.15) is 24.2 Å². The number of fused-ring (bicyclic) bond motifs is 2. The minimum atomic E-state index is -1.11. The molecule has 3 saturated heterocycles. The lowest BCUT2D eigenvalue weighted by molar-refractivity contribution is -0.145. The fourth-order valence-electron chi connectivity index (χ4n) is 9.83. The molecular weight excluding hydrogens is 843 g/mol. The summed E-state index contributed by atoms with van der Waals surface area (Å²) in [7, 11) is 1.70. The fourth-order valence-corrected chi connectivity index (χ4v) is 9.83. The molecule has 7 rings (SSSR count). The highest BCUT2D eigenvalue weighted by Gasteiger charge is 2.45. The maximum Gasteiger partial charge on any atom is 0.329 e. The molecule has 7 N–H and O–H groups in total. The summed E-state index contributed by atoms with van der Waals surface area (Å²) in [5.74, 6) is -2.92. The number of imidazole rings is 1. The minimum Gasteiger partial charge on any atom is -0.370 e. The van der Waals surface area contributed by atoms with Crippen LogP contribution in [0.15, 0.2) is 83.7 Å². The van der Waals surface area contributed by atoms with Crippen LogP contribution in [0, 0.1) is 0 Å². The second kappa shape index (κ2) is 21.6. The first-order chi connectivity index (χ1) is 31.8. The Morgan fingerprint density at radius 1 is 0.788 bits per heavy atom. The average Bonchev–Trinajstić information content (AvgIpc) is 3.85. The summed E-state index contributed by atoms with van der Waals surface area (Å²) in [6, 6.07) is 19.9. The van der Waals surface area contributed by atoms with E-state index in [1.54, 1.807) is 16.5 Å². The third-order valence-corrected chi connectivity index (χ3v) is 13.3. The van der Waals surface area contributed by atoms with Crippen molar-refractivity contribution in [3.8, 4) is 0 Å². The first-order valence-electron chi connectivity index (χ1n) is 23.2. The zero-order chi connectivity index (χ0) is 46.9. The van der Waals surface area contributed by atoms with Crippen molar-refractivity contribution < 1.29 is 33.6 Å². The fraction of sp³-hybridized carbons (Fsp3) is 0.469. The number of imide groups is 1. The first-order valence-corrected chi connectivity index (χ1v) is 23.2. The molecule has 3 aliphatic heterocycles. The van der Waals surface area contributed by atoms with Crippen LogP contribution >= 0.6 is 0 Å². The number of aryl methyl sites for hydroxylation is 2. The van der Waals surface area contributed by atoms with E-state index in [2.05, 4.69) is 16.0 Å². The molecule has 0 radical (unpaired) electrons. The Labute approximate surface area is 383 Å². The van der Waals surface area contributed by atoms with Gasteiger partial charge < -0.3 is 31.9 Å². The van der Waals surface area contributed by atoms with Crippen LogP contribution in [0.1, 0.15) is 112 Å². The Morgan fingerprint density at radius 3 is 2.15 bits per heavy atom. The van der Waals surface area contributed by atoms with E-state index in [1.807, 2.05) is 78.9 Å². The number of nitrogens with zero attached hydrogens (tertiary/aromatic N) is 4. The number of hydrogen-bond donors (Lipinski definition) is 5. The molecule has 350 valence electrons. The molecule has 7 amide bonds. The van der Waals surface area contributed by atoms with Crippen LogP contribution in [0.2, 0.25) is 0 Å². The summed E-state index contributed by atoms with van der Waals surface area (Å²) >= 11 is 0. The van der Waals surface area contributed by atoms with Crippen LogP contribution in [0.3, 0.4) is 0 Å². The maximum absolute atomic E-state index is 14.0. The number of rotatable bonds is 18. The smallest absolute Gasteiger partial charge is 0.329 e.